The van der Waals surface area contributed by atoms with E-state index in [-0.39, 0.29) is 31.4 Å². The van der Waals surface area contributed by atoms with Gasteiger partial charge >= 0.3 is 0 Å². The van der Waals surface area contributed by atoms with Gasteiger partial charge < -0.3 is 19.7 Å². The maximum atomic E-state index is 13.9. The van der Waals surface area contributed by atoms with Crippen LogP contribution in [0.15, 0.2) is 36.4 Å². The lowest BCUT2D eigenvalue weighted by Crippen LogP contribution is -2.32. The number of hydrogen-bond acceptors (Lipinski definition) is 4. The zero-order chi connectivity index (χ0) is 18.7. The minimum Gasteiger partial charge on any atom is -0.454 e. The van der Waals surface area contributed by atoms with Crippen LogP contribution in [0.4, 0.5) is 20.2 Å². The molecule has 1 heterocycles. The molecule has 1 N–H and O–H groups in total. The number of nitrogens with zero attached hydrogens (tertiary/aromatic N) is 1. The summed E-state index contributed by atoms with van der Waals surface area (Å²) in [4.78, 5) is 25.0. The predicted octanol–water partition coefficient (Wildman–Crippen LogP) is 3.08. The van der Waals surface area contributed by atoms with Crippen LogP contribution in [0.3, 0.4) is 0 Å². The number of nitrogens with one attached hydrogen (secondary N) is 1. The summed E-state index contributed by atoms with van der Waals surface area (Å²) in [5, 5.41) is 2.67. The topological polar surface area (TPSA) is 67.9 Å². The molecule has 136 valence electrons. The Labute approximate surface area is 148 Å². The lowest BCUT2D eigenvalue weighted by Gasteiger charge is -2.21. The van der Waals surface area contributed by atoms with Crippen molar-refractivity contribution in [2.45, 2.75) is 13.3 Å². The number of halogens is 2. The summed E-state index contributed by atoms with van der Waals surface area (Å²) in [5.41, 5.74) is 0.441. The van der Waals surface area contributed by atoms with Crippen molar-refractivity contribution in [1.29, 1.82) is 0 Å². The van der Waals surface area contributed by atoms with E-state index in [0.29, 0.717) is 23.3 Å². The molecule has 1 aliphatic heterocycles. The lowest BCUT2D eigenvalue weighted by molar-refractivity contribution is -0.117. The molecule has 0 aromatic heterocycles. The van der Waals surface area contributed by atoms with Crippen LogP contribution >= 0.6 is 0 Å². The SMILES string of the molecule is CC(=O)N(CCC(=O)Nc1ccc2c(c1)OCO2)c1ccc(F)cc1F. The monoisotopic (exact) mass is 362 g/mol. The van der Waals surface area contributed by atoms with Gasteiger partial charge in [-0.25, -0.2) is 8.78 Å². The van der Waals surface area contributed by atoms with Crippen LogP contribution in [0, 0.1) is 11.6 Å². The highest BCUT2D eigenvalue weighted by Crippen LogP contribution is 2.34. The maximum absolute atomic E-state index is 13.9. The first kappa shape index (κ1) is 17.7. The molecule has 3 rings (SSSR count). The molecule has 0 saturated heterocycles. The van der Waals surface area contributed by atoms with Crippen LogP contribution in [0.2, 0.25) is 0 Å². The van der Waals surface area contributed by atoms with Crippen molar-refractivity contribution >= 4 is 23.2 Å². The number of anilines is 2. The van der Waals surface area contributed by atoms with Gasteiger partial charge in [-0.1, -0.05) is 0 Å². The molecule has 0 atom stereocenters. The average molecular weight is 362 g/mol. The fourth-order valence-electron chi connectivity index (χ4n) is 2.56. The van der Waals surface area contributed by atoms with E-state index in [1.165, 1.54) is 13.0 Å². The average Bonchev–Trinajstić information content (AvgIpc) is 3.04. The summed E-state index contributed by atoms with van der Waals surface area (Å²) < 4.78 is 37.4. The fraction of sp³-hybridized carbons (Fsp3) is 0.222. The second-order valence-corrected chi connectivity index (χ2v) is 5.63. The molecular formula is C18H16F2N2O4. The van der Waals surface area contributed by atoms with Gasteiger partial charge in [0, 0.05) is 37.7 Å². The van der Waals surface area contributed by atoms with Gasteiger partial charge in [0.2, 0.25) is 18.6 Å². The molecule has 26 heavy (non-hydrogen) atoms. The number of carbonyl (C=O) groups excluding carboxylic acids is 2. The predicted molar refractivity (Wildman–Crippen MR) is 90.2 cm³/mol. The Morgan fingerprint density at radius 3 is 2.62 bits per heavy atom. The Hall–Kier alpha value is -3.16. The van der Waals surface area contributed by atoms with Gasteiger partial charge in [0.1, 0.15) is 11.6 Å². The largest absolute Gasteiger partial charge is 0.454 e. The molecule has 8 heteroatoms. The molecule has 2 aromatic carbocycles. The number of benzene rings is 2. The van der Waals surface area contributed by atoms with E-state index in [4.69, 9.17) is 9.47 Å². The van der Waals surface area contributed by atoms with E-state index in [1.807, 2.05) is 0 Å². The Morgan fingerprint density at radius 2 is 1.88 bits per heavy atom. The third kappa shape index (κ3) is 3.90. The Bertz CT molecular complexity index is 857. The van der Waals surface area contributed by atoms with E-state index in [9.17, 15) is 18.4 Å². The van der Waals surface area contributed by atoms with Crippen LogP contribution < -0.4 is 19.7 Å². The first-order chi connectivity index (χ1) is 12.4. The van der Waals surface area contributed by atoms with Crippen molar-refractivity contribution in [3.8, 4) is 11.5 Å². The highest BCUT2D eigenvalue weighted by atomic mass is 19.1. The van der Waals surface area contributed by atoms with E-state index in [0.717, 1.165) is 11.0 Å². The number of amides is 2. The maximum Gasteiger partial charge on any atom is 0.231 e. The quantitative estimate of drug-likeness (QED) is 0.888. The van der Waals surface area contributed by atoms with Gasteiger partial charge in [-0.15, -0.1) is 0 Å². The van der Waals surface area contributed by atoms with E-state index in [2.05, 4.69) is 5.32 Å². The Kier molecular flexibility index (Phi) is 5.01. The first-order valence-electron chi connectivity index (χ1n) is 7.86. The molecular weight excluding hydrogens is 346 g/mol. The highest BCUT2D eigenvalue weighted by Gasteiger charge is 2.18. The summed E-state index contributed by atoms with van der Waals surface area (Å²) in [6.07, 6.45) is -0.0646. The molecule has 0 bridgehead atoms. The Morgan fingerprint density at radius 1 is 1.12 bits per heavy atom. The molecule has 0 unspecified atom stereocenters. The van der Waals surface area contributed by atoms with E-state index < -0.39 is 17.5 Å². The molecule has 0 spiro atoms. The third-order valence-electron chi connectivity index (χ3n) is 3.80. The van der Waals surface area contributed by atoms with Crippen LogP contribution in [0.25, 0.3) is 0 Å². The van der Waals surface area contributed by atoms with Gasteiger partial charge in [-0.2, -0.15) is 0 Å². The summed E-state index contributed by atoms with van der Waals surface area (Å²) in [7, 11) is 0. The molecule has 0 aliphatic carbocycles. The third-order valence-corrected chi connectivity index (χ3v) is 3.80. The van der Waals surface area contributed by atoms with Gasteiger partial charge in [0.05, 0.1) is 5.69 Å². The van der Waals surface area contributed by atoms with Gasteiger partial charge in [-0.3, -0.25) is 9.59 Å². The lowest BCUT2D eigenvalue weighted by atomic mass is 10.2. The molecule has 6 nitrogen and oxygen atoms in total. The molecule has 0 fully saturated rings. The first-order valence-corrected chi connectivity index (χ1v) is 7.86. The highest BCUT2D eigenvalue weighted by molar-refractivity contribution is 5.95. The summed E-state index contributed by atoms with van der Waals surface area (Å²) in [6.45, 7) is 1.33. The molecule has 2 amide bonds. The van der Waals surface area contributed by atoms with Crippen molar-refractivity contribution in [1.82, 2.24) is 0 Å². The zero-order valence-corrected chi connectivity index (χ0v) is 13.9. The Balaban J connectivity index is 1.64. The summed E-state index contributed by atoms with van der Waals surface area (Å²) >= 11 is 0. The van der Waals surface area contributed by atoms with Crippen LogP contribution in [-0.4, -0.2) is 25.2 Å². The van der Waals surface area contributed by atoms with Gasteiger partial charge in [0.15, 0.2) is 11.5 Å². The molecule has 0 saturated carbocycles. The summed E-state index contributed by atoms with van der Waals surface area (Å²) in [6, 6.07) is 7.88. The number of carbonyl (C=O) groups is 2. The molecule has 2 aromatic rings. The molecule has 1 aliphatic rings. The van der Waals surface area contributed by atoms with Gasteiger partial charge in [0.25, 0.3) is 0 Å². The van der Waals surface area contributed by atoms with Crippen LogP contribution in [-0.2, 0) is 9.59 Å². The minimum atomic E-state index is -0.864. The van der Waals surface area contributed by atoms with Crippen LogP contribution in [0.1, 0.15) is 13.3 Å². The fourth-order valence-corrected chi connectivity index (χ4v) is 2.56. The van der Waals surface area contributed by atoms with E-state index in [1.54, 1.807) is 18.2 Å². The number of ether oxygens (including phenoxy) is 2. The standard InChI is InChI=1S/C18H16F2N2O4/c1-11(23)22(15-4-2-12(19)8-14(15)20)7-6-18(24)21-13-3-5-16-17(9-13)26-10-25-16/h2-5,8-9H,6-7,10H2,1H3,(H,21,24). The van der Waals surface area contributed by atoms with Crippen molar-refractivity contribution in [2.75, 3.05) is 23.6 Å². The second kappa shape index (κ2) is 7.38. The molecule has 0 radical (unpaired) electrons. The second-order valence-electron chi connectivity index (χ2n) is 5.63. The van der Waals surface area contributed by atoms with Gasteiger partial charge in [-0.05, 0) is 24.3 Å². The number of hydrogen-bond donors (Lipinski definition) is 1. The zero-order valence-electron chi connectivity index (χ0n) is 13.9. The van der Waals surface area contributed by atoms with Crippen molar-refractivity contribution < 1.29 is 27.8 Å². The van der Waals surface area contributed by atoms with Crippen molar-refractivity contribution in [3.05, 3.63) is 48.0 Å². The smallest absolute Gasteiger partial charge is 0.231 e. The van der Waals surface area contributed by atoms with Crippen LogP contribution in [0.5, 0.6) is 11.5 Å². The van der Waals surface area contributed by atoms with Crippen molar-refractivity contribution in [3.63, 3.8) is 0 Å². The number of fused-ring (bicyclic) bond motifs is 1. The minimum absolute atomic E-state index is 0.0474. The van der Waals surface area contributed by atoms with Crippen molar-refractivity contribution in [2.24, 2.45) is 0 Å². The van der Waals surface area contributed by atoms with E-state index >= 15 is 0 Å². The normalized spacial score (nSPS) is 12.0. The number of rotatable bonds is 5. The summed E-state index contributed by atoms with van der Waals surface area (Å²) in [5.74, 6) is -1.30.